The van der Waals surface area contributed by atoms with Gasteiger partial charge >= 0.3 is 18.0 Å². The van der Waals surface area contributed by atoms with Gasteiger partial charge in [-0.3, -0.25) is 9.69 Å². The summed E-state index contributed by atoms with van der Waals surface area (Å²) in [5, 5.41) is 15.3. The van der Waals surface area contributed by atoms with Gasteiger partial charge in [-0.2, -0.15) is 0 Å². The maximum atomic E-state index is 13.2. The summed E-state index contributed by atoms with van der Waals surface area (Å²) in [4.78, 5) is 41.0. The van der Waals surface area contributed by atoms with Crippen LogP contribution in [-0.4, -0.2) is 72.0 Å². The molecule has 2 aliphatic rings. The van der Waals surface area contributed by atoms with E-state index in [2.05, 4.69) is 22.5 Å². The molecule has 0 radical (unpaired) electrons. The van der Waals surface area contributed by atoms with Crippen molar-refractivity contribution >= 4 is 18.0 Å². The highest BCUT2D eigenvalue weighted by Gasteiger charge is 2.42. The second kappa shape index (κ2) is 18.9. The van der Waals surface area contributed by atoms with Crippen LogP contribution in [0, 0.1) is 5.92 Å². The molecule has 302 valence electrons. The summed E-state index contributed by atoms with van der Waals surface area (Å²) < 4.78 is 24.2. The average molecular weight is 778 g/mol. The SMILES string of the molecule is COC(=O)[C@H](Cc1ccccc1)NC(=O)NCc1ccccc1-c1ccc([C@@H]2O[C@H](CN3CCC[C@H]3C(=O)OC(C)(C)C)[C@H](C)[C@H](c3ccc(CO)cc3)O2)cc1. The predicted octanol–water partition coefficient (Wildman–Crippen LogP) is 7.03. The molecular weight excluding hydrogens is 723 g/mol. The summed E-state index contributed by atoms with van der Waals surface area (Å²) in [5.74, 6) is -0.765. The van der Waals surface area contributed by atoms with Crippen LogP contribution in [0.5, 0.6) is 0 Å². The molecule has 57 heavy (non-hydrogen) atoms. The van der Waals surface area contributed by atoms with Crippen LogP contribution in [0.25, 0.3) is 11.1 Å². The zero-order valence-corrected chi connectivity index (χ0v) is 33.5. The van der Waals surface area contributed by atoms with E-state index in [1.165, 1.54) is 7.11 Å². The number of aliphatic hydroxyl groups excluding tert-OH is 1. The Labute approximate surface area is 335 Å². The highest BCUT2D eigenvalue weighted by molar-refractivity contribution is 5.84. The van der Waals surface area contributed by atoms with Gasteiger partial charge in [0.1, 0.15) is 17.7 Å². The normalized spacial score (nSPS) is 21.7. The molecular formula is C46H55N3O8. The Morgan fingerprint density at radius 3 is 2.25 bits per heavy atom. The van der Waals surface area contributed by atoms with Crippen molar-refractivity contribution in [3.05, 3.63) is 131 Å². The molecule has 0 bridgehead atoms. The van der Waals surface area contributed by atoms with Crippen molar-refractivity contribution in [1.29, 1.82) is 0 Å². The third kappa shape index (κ3) is 10.9. The van der Waals surface area contributed by atoms with Gasteiger partial charge in [-0.25, -0.2) is 9.59 Å². The lowest BCUT2D eigenvalue weighted by Gasteiger charge is -2.43. The van der Waals surface area contributed by atoms with Gasteiger partial charge in [0.15, 0.2) is 6.29 Å². The predicted molar refractivity (Wildman–Crippen MR) is 217 cm³/mol. The number of nitrogens with one attached hydrogen (secondary N) is 2. The molecule has 2 saturated heterocycles. The maximum absolute atomic E-state index is 13.2. The molecule has 0 saturated carbocycles. The van der Waals surface area contributed by atoms with Crippen molar-refractivity contribution in [3.63, 3.8) is 0 Å². The van der Waals surface area contributed by atoms with Gasteiger partial charge in [0.2, 0.25) is 0 Å². The summed E-state index contributed by atoms with van der Waals surface area (Å²) >= 11 is 0. The Morgan fingerprint density at radius 2 is 1.56 bits per heavy atom. The summed E-state index contributed by atoms with van der Waals surface area (Å²) in [7, 11) is 1.31. The summed E-state index contributed by atoms with van der Waals surface area (Å²) in [5.41, 5.74) is 5.78. The molecule has 0 spiro atoms. The van der Waals surface area contributed by atoms with Crippen LogP contribution >= 0.6 is 0 Å². The fraction of sp³-hybridized carbons (Fsp3) is 0.413. The molecule has 11 heteroatoms. The van der Waals surface area contributed by atoms with Crippen molar-refractivity contribution in [2.75, 3.05) is 20.2 Å². The van der Waals surface area contributed by atoms with E-state index < -0.39 is 29.9 Å². The van der Waals surface area contributed by atoms with E-state index in [0.29, 0.717) is 13.0 Å². The Hall–Kier alpha value is -5.07. The van der Waals surface area contributed by atoms with Crippen LogP contribution < -0.4 is 10.6 Å². The van der Waals surface area contributed by atoms with E-state index in [9.17, 15) is 19.5 Å². The van der Waals surface area contributed by atoms with Crippen LogP contribution in [0.4, 0.5) is 4.79 Å². The monoisotopic (exact) mass is 777 g/mol. The smallest absolute Gasteiger partial charge is 0.328 e. The highest BCUT2D eigenvalue weighted by Crippen LogP contribution is 2.43. The Bertz CT molecular complexity index is 1950. The molecule has 0 aromatic heterocycles. The average Bonchev–Trinajstić information content (AvgIpc) is 3.69. The Balaban J connectivity index is 1.17. The molecule has 6 atom stereocenters. The molecule has 2 heterocycles. The van der Waals surface area contributed by atoms with Crippen LogP contribution in [0.1, 0.15) is 80.7 Å². The zero-order chi connectivity index (χ0) is 40.5. The standard InChI is InChI=1S/C46H55N3O8/c1-30-40(28-49-25-11-16-39(49)43(52)57-46(2,3)4)55-44(56-41(30)34-19-17-32(29-50)18-20-34)35-23-21-33(22-24-35)37-15-10-9-14-36(37)27-47-45(53)48-38(42(51)54-5)26-31-12-7-6-8-13-31/h6-10,12-15,17-24,30,38-41,44,50H,11,16,25-29H2,1-5H3,(H2,47,48,53)/t30-,38-,39-,40+,41+,44+/m0/s1. The van der Waals surface area contributed by atoms with Crippen molar-refractivity contribution in [2.24, 2.45) is 5.92 Å². The topological polar surface area (TPSA) is 136 Å². The highest BCUT2D eigenvalue weighted by atomic mass is 16.7. The minimum absolute atomic E-state index is 0.0416. The third-order valence-corrected chi connectivity index (χ3v) is 10.6. The number of carbonyl (C=O) groups is 3. The van der Waals surface area contributed by atoms with Crippen molar-refractivity contribution < 1.29 is 38.4 Å². The van der Waals surface area contributed by atoms with E-state index >= 15 is 0 Å². The number of nitrogens with zero attached hydrogens (tertiary/aromatic N) is 1. The first-order valence-electron chi connectivity index (χ1n) is 19.7. The molecule has 4 aromatic rings. The number of benzene rings is 4. The van der Waals surface area contributed by atoms with Crippen LogP contribution in [-0.2, 0) is 48.1 Å². The van der Waals surface area contributed by atoms with E-state index in [1.54, 1.807) is 0 Å². The first-order chi connectivity index (χ1) is 27.4. The lowest BCUT2D eigenvalue weighted by Crippen LogP contribution is -2.48. The fourth-order valence-electron chi connectivity index (χ4n) is 7.59. The molecule has 2 aliphatic heterocycles. The van der Waals surface area contributed by atoms with Crippen LogP contribution in [0.3, 0.4) is 0 Å². The molecule has 2 amide bonds. The minimum Gasteiger partial charge on any atom is -0.467 e. The lowest BCUT2D eigenvalue weighted by molar-refractivity contribution is -0.276. The summed E-state index contributed by atoms with van der Waals surface area (Å²) in [6.07, 6.45) is 0.728. The molecule has 0 unspecified atom stereocenters. The van der Waals surface area contributed by atoms with Crippen molar-refractivity contribution in [2.45, 2.75) is 96.3 Å². The lowest BCUT2D eigenvalue weighted by atomic mass is 9.89. The van der Waals surface area contributed by atoms with E-state index in [0.717, 1.165) is 58.3 Å². The molecule has 11 nitrogen and oxygen atoms in total. The largest absolute Gasteiger partial charge is 0.467 e. The quantitative estimate of drug-likeness (QED) is 0.122. The minimum atomic E-state index is -0.840. The number of carbonyl (C=O) groups excluding carboxylic acids is 3. The Kier molecular flexibility index (Phi) is 13.8. The van der Waals surface area contributed by atoms with Gasteiger partial charge < -0.3 is 34.7 Å². The van der Waals surface area contributed by atoms with Gasteiger partial charge in [0, 0.05) is 31.0 Å². The summed E-state index contributed by atoms with van der Waals surface area (Å²) in [6.45, 7) is 9.32. The number of esters is 2. The first-order valence-corrected chi connectivity index (χ1v) is 19.7. The van der Waals surface area contributed by atoms with E-state index in [-0.39, 0.29) is 43.3 Å². The van der Waals surface area contributed by atoms with Crippen LogP contribution in [0.15, 0.2) is 103 Å². The first kappa shape index (κ1) is 41.6. The van der Waals surface area contributed by atoms with Gasteiger partial charge in [0.05, 0.1) is 25.9 Å². The number of ether oxygens (including phenoxy) is 4. The number of methoxy groups -OCH3 is 1. The maximum Gasteiger partial charge on any atom is 0.328 e. The number of rotatable bonds is 13. The number of likely N-dealkylation sites (tertiary alicyclic amines) is 1. The van der Waals surface area contributed by atoms with E-state index in [1.807, 2.05) is 124 Å². The van der Waals surface area contributed by atoms with Gasteiger partial charge in [-0.15, -0.1) is 0 Å². The molecule has 3 N–H and O–H groups in total. The number of hydrogen-bond acceptors (Lipinski definition) is 9. The molecule has 6 rings (SSSR count). The van der Waals surface area contributed by atoms with Crippen LogP contribution in [0.2, 0.25) is 0 Å². The van der Waals surface area contributed by atoms with Crippen molar-refractivity contribution in [1.82, 2.24) is 15.5 Å². The number of amides is 2. The van der Waals surface area contributed by atoms with Gasteiger partial charge in [0.25, 0.3) is 0 Å². The fourth-order valence-corrected chi connectivity index (χ4v) is 7.59. The Morgan fingerprint density at radius 1 is 0.877 bits per heavy atom. The number of aliphatic hydroxyl groups is 1. The summed E-state index contributed by atoms with van der Waals surface area (Å²) in [6, 6.07) is 31.5. The van der Waals surface area contributed by atoms with Gasteiger partial charge in [-0.05, 0) is 73.5 Å². The molecule has 4 aromatic carbocycles. The number of hydrogen-bond donors (Lipinski definition) is 3. The van der Waals surface area contributed by atoms with E-state index in [4.69, 9.17) is 18.9 Å². The zero-order valence-electron chi connectivity index (χ0n) is 33.5. The molecule has 0 aliphatic carbocycles. The second-order valence-electron chi connectivity index (χ2n) is 15.9. The third-order valence-electron chi connectivity index (χ3n) is 10.6. The second-order valence-corrected chi connectivity index (χ2v) is 15.9. The number of urea groups is 1. The van der Waals surface area contributed by atoms with Gasteiger partial charge in [-0.1, -0.05) is 110 Å². The molecule has 2 fully saturated rings. The van der Waals surface area contributed by atoms with Crippen molar-refractivity contribution in [3.8, 4) is 11.1 Å².